The van der Waals surface area contributed by atoms with Crippen molar-refractivity contribution in [1.82, 2.24) is 4.98 Å². The molecule has 2 aliphatic rings. The maximum atomic E-state index is 10.1. The summed E-state index contributed by atoms with van der Waals surface area (Å²) in [7, 11) is 0. The fraction of sp³-hybridized carbons (Fsp3) is 0.185. The van der Waals surface area contributed by atoms with Gasteiger partial charge in [0.1, 0.15) is 11.9 Å². The Bertz CT molecular complexity index is 1390. The van der Waals surface area contributed by atoms with Crippen LogP contribution >= 0.6 is 11.6 Å². The summed E-state index contributed by atoms with van der Waals surface area (Å²) in [6, 6.07) is 25.3. The van der Waals surface area contributed by atoms with Crippen LogP contribution < -0.4 is 9.80 Å². The molecule has 6 rings (SSSR count). The molecule has 1 unspecified atom stereocenters. The molecule has 1 fully saturated rings. The van der Waals surface area contributed by atoms with E-state index in [0.29, 0.717) is 11.6 Å². The van der Waals surface area contributed by atoms with Crippen LogP contribution in [0.1, 0.15) is 11.1 Å². The average molecular weight is 437 g/mol. The molecule has 32 heavy (non-hydrogen) atoms. The van der Waals surface area contributed by atoms with E-state index >= 15 is 0 Å². The van der Waals surface area contributed by atoms with Gasteiger partial charge in [0, 0.05) is 41.8 Å². The Morgan fingerprint density at radius 1 is 0.969 bits per heavy atom. The molecule has 1 saturated heterocycles. The number of hydrogen-bond donors (Lipinski definition) is 0. The third kappa shape index (κ3) is 3.01. The van der Waals surface area contributed by atoms with E-state index in [4.69, 9.17) is 11.6 Å². The number of fused-ring (bicyclic) bond motifs is 4. The highest BCUT2D eigenvalue weighted by atomic mass is 35.5. The molecule has 0 radical (unpaired) electrons. The second kappa shape index (κ2) is 7.55. The molecule has 1 aliphatic heterocycles. The van der Waals surface area contributed by atoms with Crippen LogP contribution in [0.3, 0.4) is 0 Å². The van der Waals surface area contributed by atoms with Crippen LogP contribution in [0, 0.1) is 11.3 Å². The number of aromatic nitrogens is 1. The van der Waals surface area contributed by atoms with Gasteiger partial charge in [-0.15, -0.1) is 0 Å². The van der Waals surface area contributed by atoms with Crippen molar-refractivity contribution < 1.29 is 0 Å². The number of halogens is 1. The standard InChI is InChI=1S/C27H21ClN4/c28-20-8-9-23-19(14-20)10-11-30-27(23)31-12-13-32(21(16-29)17-31)26-7-3-6-24-22-5-2-1-4-18(22)15-25(24)26/h1-11,14,21H,12-13,15,17H2. The SMILES string of the molecule is N#CC1CN(c2nccc3cc(Cl)ccc23)CCN1c1cccc2c1Cc1ccccc1-2. The van der Waals surface area contributed by atoms with Crippen molar-refractivity contribution in [3.8, 4) is 17.2 Å². The number of nitrogens with zero attached hydrogens (tertiary/aromatic N) is 4. The van der Waals surface area contributed by atoms with E-state index in [1.165, 1.54) is 27.9 Å². The van der Waals surface area contributed by atoms with Gasteiger partial charge in [-0.25, -0.2) is 4.98 Å². The molecule has 1 atom stereocenters. The Morgan fingerprint density at radius 3 is 2.75 bits per heavy atom. The fourth-order valence-corrected chi connectivity index (χ4v) is 5.35. The van der Waals surface area contributed by atoms with Crippen LogP contribution in [0.4, 0.5) is 11.5 Å². The summed E-state index contributed by atoms with van der Waals surface area (Å²) in [4.78, 5) is 9.18. The molecule has 2 heterocycles. The molecule has 1 aromatic heterocycles. The molecule has 0 amide bonds. The minimum atomic E-state index is -0.247. The smallest absolute Gasteiger partial charge is 0.136 e. The van der Waals surface area contributed by atoms with E-state index in [2.05, 4.69) is 63.3 Å². The highest BCUT2D eigenvalue weighted by Gasteiger charge is 2.32. The van der Waals surface area contributed by atoms with E-state index < -0.39 is 0 Å². The largest absolute Gasteiger partial charge is 0.352 e. The molecule has 156 valence electrons. The Labute approximate surface area is 192 Å². The lowest BCUT2D eigenvalue weighted by atomic mass is 10.0. The van der Waals surface area contributed by atoms with Crippen molar-refractivity contribution in [3.63, 3.8) is 0 Å². The zero-order valence-corrected chi connectivity index (χ0v) is 18.3. The zero-order chi connectivity index (χ0) is 21.7. The van der Waals surface area contributed by atoms with Gasteiger partial charge in [0.15, 0.2) is 0 Å². The molecular weight excluding hydrogens is 416 g/mol. The normalized spacial score (nSPS) is 17.2. The Hall–Kier alpha value is -3.55. The van der Waals surface area contributed by atoms with Crippen molar-refractivity contribution in [2.24, 2.45) is 0 Å². The number of piperazine rings is 1. The molecule has 0 spiro atoms. The molecular formula is C27H21ClN4. The monoisotopic (exact) mass is 436 g/mol. The number of hydrogen-bond acceptors (Lipinski definition) is 4. The van der Waals surface area contributed by atoms with Crippen LogP contribution in [-0.2, 0) is 6.42 Å². The van der Waals surface area contributed by atoms with Crippen LogP contribution in [-0.4, -0.2) is 30.7 Å². The maximum absolute atomic E-state index is 10.1. The molecule has 5 heteroatoms. The molecule has 0 N–H and O–H groups in total. The van der Waals surface area contributed by atoms with Crippen molar-refractivity contribution in [1.29, 1.82) is 5.26 Å². The maximum Gasteiger partial charge on any atom is 0.136 e. The quantitative estimate of drug-likeness (QED) is 0.357. The summed E-state index contributed by atoms with van der Waals surface area (Å²) in [6.45, 7) is 2.20. The first kappa shape index (κ1) is 19.2. The summed E-state index contributed by atoms with van der Waals surface area (Å²) in [5.41, 5.74) is 6.49. The van der Waals surface area contributed by atoms with Gasteiger partial charge in [0.2, 0.25) is 0 Å². The second-order valence-electron chi connectivity index (χ2n) is 8.42. The van der Waals surface area contributed by atoms with E-state index in [-0.39, 0.29) is 6.04 Å². The van der Waals surface area contributed by atoms with Crippen LogP contribution in [0.25, 0.3) is 21.9 Å². The Kier molecular flexibility index (Phi) is 4.52. The van der Waals surface area contributed by atoms with E-state index in [9.17, 15) is 5.26 Å². The number of nitriles is 1. The van der Waals surface area contributed by atoms with Gasteiger partial charge in [-0.1, -0.05) is 48.0 Å². The van der Waals surface area contributed by atoms with E-state index in [1.54, 1.807) is 0 Å². The molecule has 0 saturated carbocycles. The first-order valence-electron chi connectivity index (χ1n) is 10.9. The summed E-state index contributed by atoms with van der Waals surface area (Å²) in [6.07, 6.45) is 2.74. The van der Waals surface area contributed by atoms with E-state index in [0.717, 1.165) is 36.1 Å². The number of benzene rings is 3. The van der Waals surface area contributed by atoms with Crippen LogP contribution in [0.15, 0.2) is 72.9 Å². The number of anilines is 2. The van der Waals surface area contributed by atoms with E-state index in [1.807, 2.05) is 30.5 Å². The third-order valence-corrected chi connectivity index (χ3v) is 6.90. The first-order chi connectivity index (χ1) is 15.7. The molecule has 1 aliphatic carbocycles. The van der Waals surface area contributed by atoms with Crippen molar-refractivity contribution in [3.05, 3.63) is 89.1 Å². The first-order valence-corrected chi connectivity index (χ1v) is 11.3. The lowest BCUT2D eigenvalue weighted by molar-refractivity contribution is 0.587. The number of rotatable bonds is 2. The lowest BCUT2D eigenvalue weighted by Crippen LogP contribution is -2.53. The van der Waals surface area contributed by atoms with Crippen molar-refractivity contribution in [2.45, 2.75) is 12.5 Å². The summed E-state index contributed by atoms with van der Waals surface area (Å²) in [5.74, 6) is 0.921. The molecule has 4 aromatic rings. The van der Waals surface area contributed by atoms with Gasteiger partial charge >= 0.3 is 0 Å². The Balaban J connectivity index is 1.34. The average Bonchev–Trinajstić information content (AvgIpc) is 3.22. The zero-order valence-electron chi connectivity index (χ0n) is 17.5. The Morgan fingerprint density at radius 2 is 1.84 bits per heavy atom. The number of pyridine rings is 1. The van der Waals surface area contributed by atoms with Gasteiger partial charge in [-0.3, -0.25) is 0 Å². The minimum Gasteiger partial charge on any atom is -0.352 e. The fourth-order valence-electron chi connectivity index (χ4n) is 5.17. The molecule has 4 nitrogen and oxygen atoms in total. The summed E-state index contributed by atoms with van der Waals surface area (Å²) in [5, 5.41) is 13.0. The van der Waals surface area contributed by atoms with Gasteiger partial charge in [-0.05, 0) is 58.0 Å². The third-order valence-electron chi connectivity index (χ3n) is 6.67. The highest BCUT2D eigenvalue weighted by molar-refractivity contribution is 6.31. The van der Waals surface area contributed by atoms with Crippen LogP contribution in [0.5, 0.6) is 0 Å². The molecule has 3 aromatic carbocycles. The van der Waals surface area contributed by atoms with Gasteiger partial charge in [0.05, 0.1) is 12.6 Å². The summed E-state index contributed by atoms with van der Waals surface area (Å²) >= 11 is 6.19. The highest BCUT2D eigenvalue weighted by Crippen LogP contribution is 2.42. The van der Waals surface area contributed by atoms with Gasteiger partial charge in [-0.2, -0.15) is 5.26 Å². The van der Waals surface area contributed by atoms with Crippen molar-refractivity contribution in [2.75, 3.05) is 29.4 Å². The second-order valence-corrected chi connectivity index (χ2v) is 8.86. The van der Waals surface area contributed by atoms with Gasteiger partial charge in [0.25, 0.3) is 0 Å². The van der Waals surface area contributed by atoms with Crippen LogP contribution in [0.2, 0.25) is 5.02 Å². The minimum absolute atomic E-state index is 0.247. The lowest BCUT2D eigenvalue weighted by Gasteiger charge is -2.41. The predicted molar refractivity (Wildman–Crippen MR) is 130 cm³/mol. The topological polar surface area (TPSA) is 43.2 Å². The van der Waals surface area contributed by atoms with Gasteiger partial charge < -0.3 is 9.80 Å². The predicted octanol–water partition coefficient (Wildman–Crippen LogP) is 5.68. The summed E-state index contributed by atoms with van der Waals surface area (Å²) < 4.78 is 0. The van der Waals surface area contributed by atoms with Crippen molar-refractivity contribution >= 4 is 33.9 Å². The molecule has 0 bridgehead atoms.